The second-order valence-electron chi connectivity index (χ2n) is 5.81. The van der Waals surface area contributed by atoms with Crippen LogP contribution in [0.25, 0.3) is 0 Å². The summed E-state index contributed by atoms with van der Waals surface area (Å²) >= 11 is 0. The van der Waals surface area contributed by atoms with Crippen LogP contribution in [0.2, 0.25) is 0 Å². The third-order valence-corrected chi connectivity index (χ3v) is 6.44. The topological polar surface area (TPSA) is 49.4 Å². The first-order valence-corrected chi connectivity index (χ1v) is 8.88. The summed E-state index contributed by atoms with van der Waals surface area (Å²) in [5.74, 6) is 0. The molecule has 1 aliphatic carbocycles. The van der Waals surface area contributed by atoms with E-state index in [2.05, 4.69) is 5.32 Å². The van der Waals surface area contributed by atoms with Crippen LogP contribution in [-0.2, 0) is 16.4 Å². The van der Waals surface area contributed by atoms with Crippen molar-refractivity contribution in [1.29, 1.82) is 0 Å². The summed E-state index contributed by atoms with van der Waals surface area (Å²) in [6.45, 7) is 0.973. The van der Waals surface area contributed by atoms with Crippen LogP contribution >= 0.6 is 0 Å². The van der Waals surface area contributed by atoms with Gasteiger partial charge in [-0.05, 0) is 49.4 Å². The predicted molar refractivity (Wildman–Crippen MR) is 80.5 cm³/mol. The first-order chi connectivity index (χ1) is 9.59. The number of fused-ring (bicyclic) bond motifs is 1. The summed E-state index contributed by atoms with van der Waals surface area (Å²) in [6.07, 6.45) is 6.27. The molecule has 0 aromatic heterocycles. The van der Waals surface area contributed by atoms with Gasteiger partial charge in [-0.15, -0.1) is 0 Å². The fourth-order valence-corrected chi connectivity index (χ4v) is 4.71. The molecular weight excluding hydrogens is 272 g/mol. The molecule has 1 saturated carbocycles. The average Bonchev–Trinajstić information content (AvgIpc) is 3.00. The molecule has 5 heteroatoms. The molecule has 0 saturated heterocycles. The van der Waals surface area contributed by atoms with Gasteiger partial charge in [-0.25, -0.2) is 8.42 Å². The Bertz CT molecular complexity index is 592. The molecule has 1 fully saturated rings. The lowest BCUT2D eigenvalue weighted by atomic mass is 10.0. The predicted octanol–water partition coefficient (Wildman–Crippen LogP) is 2.61. The number of nitrogens with zero attached hydrogens (tertiary/aromatic N) is 1. The maximum atomic E-state index is 12.7. The minimum atomic E-state index is -3.35. The molecule has 1 aromatic carbocycles. The number of hydrogen-bond donors (Lipinski definition) is 1. The normalized spacial score (nSPS) is 19.9. The van der Waals surface area contributed by atoms with Gasteiger partial charge in [-0.3, -0.25) is 0 Å². The molecule has 0 bridgehead atoms. The van der Waals surface area contributed by atoms with Crippen molar-refractivity contribution in [2.24, 2.45) is 0 Å². The van der Waals surface area contributed by atoms with E-state index in [9.17, 15) is 8.42 Å². The molecular formula is C15H22N2O2S. The van der Waals surface area contributed by atoms with Crippen LogP contribution in [0, 0.1) is 0 Å². The third-order valence-electron chi connectivity index (χ3n) is 4.53. The number of hydrogen-bond acceptors (Lipinski definition) is 3. The third kappa shape index (κ3) is 2.44. The Kier molecular flexibility index (Phi) is 3.73. The second kappa shape index (κ2) is 5.37. The van der Waals surface area contributed by atoms with Crippen LogP contribution in [0.15, 0.2) is 23.1 Å². The lowest BCUT2D eigenvalue weighted by Gasteiger charge is -2.25. The van der Waals surface area contributed by atoms with Crippen molar-refractivity contribution in [3.63, 3.8) is 0 Å². The van der Waals surface area contributed by atoms with E-state index in [1.807, 2.05) is 12.1 Å². The van der Waals surface area contributed by atoms with Gasteiger partial charge in [0.2, 0.25) is 10.0 Å². The highest BCUT2D eigenvalue weighted by Gasteiger charge is 2.30. The molecule has 1 heterocycles. The number of sulfonamides is 1. The van der Waals surface area contributed by atoms with Crippen LogP contribution in [0.4, 0.5) is 5.69 Å². The number of anilines is 1. The van der Waals surface area contributed by atoms with Gasteiger partial charge in [0.1, 0.15) is 0 Å². The molecule has 3 rings (SSSR count). The van der Waals surface area contributed by atoms with E-state index in [1.165, 1.54) is 0 Å². The van der Waals surface area contributed by atoms with Crippen molar-refractivity contribution in [2.75, 3.05) is 18.9 Å². The summed E-state index contributed by atoms with van der Waals surface area (Å²) in [7, 11) is -1.63. The minimum Gasteiger partial charge on any atom is -0.385 e. The van der Waals surface area contributed by atoms with E-state index in [0.717, 1.165) is 56.3 Å². The lowest BCUT2D eigenvalue weighted by molar-refractivity contribution is 0.373. The Morgan fingerprint density at radius 2 is 1.95 bits per heavy atom. The molecule has 4 nitrogen and oxygen atoms in total. The maximum Gasteiger partial charge on any atom is 0.243 e. The van der Waals surface area contributed by atoms with Gasteiger partial charge in [0, 0.05) is 25.3 Å². The Morgan fingerprint density at radius 3 is 2.70 bits per heavy atom. The van der Waals surface area contributed by atoms with E-state index in [4.69, 9.17) is 0 Å². The van der Waals surface area contributed by atoms with Gasteiger partial charge in [-0.2, -0.15) is 4.31 Å². The first-order valence-electron chi connectivity index (χ1n) is 7.44. The standard InChI is InChI=1S/C15H22N2O2S/c1-17(13-6-2-3-7-13)20(18,19)14-8-9-15-12(11-14)5-4-10-16-15/h8-9,11,13,16H,2-7,10H2,1H3. The van der Waals surface area contributed by atoms with Gasteiger partial charge in [-0.1, -0.05) is 12.8 Å². The average molecular weight is 294 g/mol. The molecule has 110 valence electrons. The zero-order valence-corrected chi connectivity index (χ0v) is 12.7. The van der Waals surface area contributed by atoms with Gasteiger partial charge in [0.05, 0.1) is 4.90 Å². The van der Waals surface area contributed by atoms with E-state index in [-0.39, 0.29) is 6.04 Å². The Labute approximate surface area is 121 Å². The van der Waals surface area contributed by atoms with Gasteiger partial charge in [0.15, 0.2) is 0 Å². The van der Waals surface area contributed by atoms with Crippen LogP contribution in [0.5, 0.6) is 0 Å². The monoisotopic (exact) mass is 294 g/mol. The molecule has 1 aromatic rings. The molecule has 1 N–H and O–H groups in total. The highest BCUT2D eigenvalue weighted by atomic mass is 32.2. The van der Waals surface area contributed by atoms with Crippen LogP contribution in [-0.4, -0.2) is 32.4 Å². The molecule has 0 unspecified atom stereocenters. The van der Waals surface area contributed by atoms with E-state index >= 15 is 0 Å². The SMILES string of the molecule is CN(C1CCCC1)S(=O)(=O)c1ccc2c(c1)CCCN2. The van der Waals surface area contributed by atoms with Crippen molar-refractivity contribution in [3.8, 4) is 0 Å². The second-order valence-corrected chi connectivity index (χ2v) is 7.81. The Balaban J connectivity index is 1.90. The number of benzene rings is 1. The van der Waals surface area contributed by atoms with Crippen LogP contribution in [0.1, 0.15) is 37.7 Å². The summed E-state index contributed by atoms with van der Waals surface area (Å²) in [4.78, 5) is 0.439. The van der Waals surface area contributed by atoms with Crippen LogP contribution in [0.3, 0.4) is 0 Å². The van der Waals surface area contributed by atoms with Gasteiger partial charge < -0.3 is 5.32 Å². The van der Waals surface area contributed by atoms with Crippen molar-refractivity contribution < 1.29 is 8.42 Å². The van der Waals surface area contributed by atoms with E-state index in [1.54, 1.807) is 17.4 Å². The summed E-state index contributed by atoms with van der Waals surface area (Å²) in [5.41, 5.74) is 2.20. The fourth-order valence-electron chi connectivity index (χ4n) is 3.24. The smallest absolute Gasteiger partial charge is 0.243 e. The number of nitrogens with one attached hydrogen (secondary N) is 1. The lowest BCUT2D eigenvalue weighted by Crippen LogP contribution is -2.35. The molecule has 2 aliphatic rings. The van der Waals surface area contributed by atoms with Gasteiger partial charge in [0.25, 0.3) is 0 Å². The quantitative estimate of drug-likeness (QED) is 0.932. The summed E-state index contributed by atoms with van der Waals surface area (Å²) < 4.78 is 27.0. The minimum absolute atomic E-state index is 0.175. The highest BCUT2D eigenvalue weighted by Crippen LogP contribution is 2.30. The van der Waals surface area contributed by atoms with Crippen molar-refractivity contribution >= 4 is 15.7 Å². The fraction of sp³-hybridized carbons (Fsp3) is 0.600. The largest absolute Gasteiger partial charge is 0.385 e. The van der Waals surface area contributed by atoms with E-state index in [0.29, 0.717) is 4.90 Å². The zero-order chi connectivity index (χ0) is 14.2. The Morgan fingerprint density at radius 1 is 1.20 bits per heavy atom. The molecule has 0 spiro atoms. The van der Waals surface area contributed by atoms with E-state index < -0.39 is 10.0 Å². The maximum absolute atomic E-state index is 12.7. The van der Waals surface area contributed by atoms with Gasteiger partial charge >= 0.3 is 0 Å². The number of aryl methyl sites for hydroxylation is 1. The molecule has 0 radical (unpaired) electrons. The Hall–Kier alpha value is -1.07. The van der Waals surface area contributed by atoms with Crippen molar-refractivity contribution in [3.05, 3.63) is 23.8 Å². The summed E-state index contributed by atoms with van der Waals surface area (Å²) in [5, 5.41) is 3.32. The molecule has 20 heavy (non-hydrogen) atoms. The van der Waals surface area contributed by atoms with Crippen molar-refractivity contribution in [2.45, 2.75) is 49.5 Å². The summed E-state index contributed by atoms with van der Waals surface area (Å²) in [6, 6.07) is 5.67. The molecule has 1 aliphatic heterocycles. The first kappa shape index (κ1) is 13.9. The zero-order valence-electron chi connectivity index (χ0n) is 11.9. The van der Waals surface area contributed by atoms with Crippen LogP contribution < -0.4 is 5.32 Å². The molecule has 0 amide bonds. The number of rotatable bonds is 3. The molecule has 0 atom stereocenters. The van der Waals surface area contributed by atoms with Crippen molar-refractivity contribution in [1.82, 2.24) is 4.31 Å². The highest BCUT2D eigenvalue weighted by molar-refractivity contribution is 7.89.